The van der Waals surface area contributed by atoms with Crippen LogP contribution in [0, 0.1) is 5.92 Å². The molecule has 1 aromatic carbocycles. The van der Waals surface area contributed by atoms with Gasteiger partial charge in [-0.25, -0.2) is 0 Å². The van der Waals surface area contributed by atoms with Crippen LogP contribution in [0.3, 0.4) is 0 Å². The van der Waals surface area contributed by atoms with Crippen LogP contribution in [0.4, 0.5) is 0 Å². The van der Waals surface area contributed by atoms with Crippen LogP contribution < -0.4 is 10.1 Å². The van der Waals surface area contributed by atoms with Crippen molar-refractivity contribution in [2.45, 2.75) is 13.5 Å². The average Bonchev–Trinajstić information content (AvgIpc) is 2.27. The minimum absolute atomic E-state index is 0.0733. The van der Waals surface area contributed by atoms with Crippen molar-refractivity contribution < 1.29 is 9.84 Å². The van der Waals surface area contributed by atoms with Gasteiger partial charge >= 0.3 is 0 Å². The fourth-order valence-electron chi connectivity index (χ4n) is 1.38. The van der Waals surface area contributed by atoms with Crippen LogP contribution >= 0.6 is 23.2 Å². The van der Waals surface area contributed by atoms with Crippen molar-refractivity contribution in [3.63, 3.8) is 0 Å². The van der Waals surface area contributed by atoms with E-state index in [1.807, 2.05) is 20.0 Å². The molecule has 0 aliphatic rings. The number of rotatable bonds is 6. The maximum Gasteiger partial charge on any atom is 0.142 e. The third-order valence-electron chi connectivity index (χ3n) is 2.28. The summed E-state index contributed by atoms with van der Waals surface area (Å²) >= 11 is 12.0. The molecule has 3 nitrogen and oxygen atoms in total. The minimum Gasteiger partial charge on any atom is -0.491 e. The molecule has 2 N–H and O–H groups in total. The van der Waals surface area contributed by atoms with Gasteiger partial charge in [0.1, 0.15) is 5.75 Å². The van der Waals surface area contributed by atoms with Gasteiger partial charge in [0.15, 0.2) is 0 Å². The van der Waals surface area contributed by atoms with Crippen LogP contribution in [0.2, 0.25) is 10.0 Å². The Morgan fingerprint density at radius 3 is 2.71 bits per heavy atom. The number of aliphatic hydroxyl groups is 1. The Morgan fingerprint density at radius 2 is 2.12 bits per heavy atom. The molecule has 0 aliphatic heterocycles. The molecular weight excluding hydrogens is 261 g/mol. The molecule has 0 amide bonds. The first-order valence-electron chi connectivity index (χ1n) is 5.44. The van der Waals surface area contributed by atoms with E-state index in [4.69, 9.17) is 33.0 Å². The lowest BCUT2D eigenvalue weighted by molar-refractivity contribution is 0.173. The van der Waals surface area contributed by atoms with E-state index >= 15 is 0 Å². The van der Waals surface area contributed by atoms with Gasteiger partial charge in [0, 0.05) is 29.7 Å². The Hall–Kier alpha value is -0.480. The van der Waals surface area contributed by atoms with Crippen molar-refractivity contribution in [2.24, 2.45) is 5.92 Å². The normalized spacial score (nSPS) is 12.5. The third-order valence-corrected chi connectivity index (χ3v) is 2.78. The van der Waals surface area contributed by atoms with E-state index in [0.29, 0.717) is 28.9 Å². The lowest BCUT2D eigenvalue weighted by Gasteiger charge is -2.16. The summed E-state index contributed by atoms with van der Waals surface area (Å²) in [6.45, 7) is 3.05. The molecule has 1 rings (SSSR count). The summed E-state index contributed by atoms with van der Waals surface area (Å²) in [7, 11) is 1.84. The number of hydrogen-bond donors (Lipinski definition) is 2. The maximum atomic E-state index is 8.95. The van der Waals surface area contributed by atoms with Gasteiger partial charge in [-0.05, 0) is 19.2 Å². The van der Waals surface area contributed by atoms with E-state index in [-0.39, 0.29) is 12.5 Å². The summed E-state index contributed by atoms with van der Waals surface area (Å²) < 4.78 is 5.64. The minimum atomic E-state index is 0.0733. The number of aliphatic hydroxyl groups excluding tert-OH is 1. The topological polar surface area (TPSA) is 41.5 Å². The van der Waals surface area contributed by atoms with Crippen LogP contribution in [0.5, 0.6) is 5.75 Å². The second kappa shape index (κ2) is 7.07. The Labute approximate surface area is 112 Å². The maximum absolute atomic E-state index is 8.95. The molecule has 1 unspecified atom stereocenters. The van der Waals surface area contributed by atoms with Crippen LogP contribution in [0.25, 0.3) is 0 Å². The predicted octanol–water partition coefficient (Wildman–Crippen LogP) is 2.72. The lowest BCUT2D eigenvalue weighted by Crippen LogP contribution is -2.14. The molecule has 5 heteroatoms. The van der Waals surface area contributed by atoms with E-state index in [9.17, 15) is 0 Å². The predicted molar refractivity (Wildman–Crippen MR) is 71.0 cm³/mol. The number of nitrogens with one attached hydrogen (secondary N) is 1. The monoisotopic (exact) mass is 277 g/mol. The Kier molecular flexibility index (Phi) is 6.06. The molecule has 0 spiro atoms. The molecule has 0 saturated heterocycles. The zero-order valence-corrected chi connectivity index (χ0v) is 11.5. The zero-order chi connectivity index (χ0) is 12.8. The van der Waals surface area contributed by atoms with Gasteiger partial charge in [0.2, 0.25) is 0 Å². The second-order valence-corrected chi connectivity index (χ2v) is 4.85. The molecule has 1 atom stereocenters. The average molecular weight is 278 g/mol. The smallest absolute Gasteiger partial charge is 0.142 e. The second-order valence-electron chi connectivity index (χ2n) is 4.00. The van der Waals surface area contributed by atoms with Crippen LogP contribution in [-0.2, 0) is 6.54 Å². The third kappa shape index (κ3) is 4.36. The number of hydrogen-bond acceptors (Lipinski definition) is 3. The van der Waals surface area contributed by atoms with Gasteiger partial charge in [-0.3, -0.25) is 0 Å². The summed E-state index contributed by atoms with van der Waals surface area (Å²) in [6.07, 6.45) is 0. The summed E-state index contributed by atoms with van der Waals surface area (Å²) in [5.41, 5.74) is 0.912. The Balaban J connectivity index is 2.87. The summed E-state index contributed by atoms with van der Waals surface area (Å²) in [5, 5.41) is 13.1. The first-order valence-corrected chi connectivity index (χ1v) is 6.20. The number of halogens is 2. The summed E-state index contributed by atoms with van der Waals surface area (Å²) in [4.78, 5) is 0. The SMILES string of the molecule is CNCc1cc(Cl)cc(Cl)c1OCC(C)CO. The first kappa shape index (κ1) is 14.6. The zero-order valence-electron chi connectivity index (χ0n) is 9.96. The summed E-state index contributed by atoms with van der Waals surface area (Å²) in [6, 6.07) is 3.48. The van der Waals surface area contributed by atoms with E-state index in [1.54, 1.807) is 6.07 Å². The number of ether oxygens (including phenoxy) is 1. The van der Waals surface area contributed by atoms with Gasteiger partial charge in [-0.15, -0.1) is 0 Å². The van der Waals surface area contributed by atoms with E-state index in [2.05, 4.69) is 5.32 Å². The van der Waals surface area contributed by atoms with Crippen molar-refractivity contribution in [3.05, 3.63) is 27.7 Å². The van der Waals surface area contributed by atoms with Crippen LogP contribution in [0.1, 0.15) is 12.5 Å². The highest BCUT2D eigenvalue weighted by Gasteiger charge is 2.11. The van der Waals surface area contributed by atoms with Crippen LogP contribution in [-0.4, -0.2) is 25.4 Å². The molecule has 0 aromatic heterocycles. The highest BCUT2D eigenvalue weighted by Crippen LogP contribution is 2.32. The quantitative estimate of drug-likeness (QED) is 0.840. The standard InChI is InChI=1S/C12H17Cl2NO2/c1-8(6-16)7-17-12-9(5-15-2)3-10(13)4-11(12)14/h3-4,8,15-16H,5-7H2,1-2H3. The van der Waals surface area contributed by atoms with Gasteiger partial charge in [-0.1, -0.05) is 30.1 Å². The Bertz CT molecular complexity index is 372. The molecule has 0 fully saturated rings. The van der Waals surface area contributed by atoms with Gasteiger partial charge in [0.25, 0.3) is 0 Å². The molecule has 17 heavy (non-hydrogen) atoms. The molecule has 0 radical (unpaired) electrons. The van der Waals surface area contributed by atoms with Crippen LogP contribution in [0.15, 0.2) is 12.1 Å². The van der Waals surface area contributed by atoms with Crippen molar-refractivity contribution in [2.75, 3.05) is 20.3 Å². The molecular formula is C12H17Cl2NO2. The van der Waals surface area contributed by atoms with Crippen molar-refractivity contribution in [1.29, 1.82) is 0 Å². The van der Waals surface area contributed by atoms with E-state index in [0.717, 1.165) is 5.56 Å². The number of benzene rings is 1. The molecule has 96 valence electrons. The van der Waals surface area contributed by atoms with Crippen molar-refractivity contribution in [1.82, 2.24) is 5.32 Å². The van der Waals surface area contributed by atoms with E-state index < -0.39 is 0 Å². The fourth-order valence-corrected chi connectivity index (χ4v) is 1.97. The van der Waals surface area contributed by atoms with E-state index in [1.165, 1.54) is 0 Å². The summed E-state index contributed by atoms with van der Waals surface area (Å²) in [5.74, 6) is 0.704. The van der Waals surface area contributed by atoms with Crippen molar-refractivity contribution >= 4 is 23.2 Å². The van der Waals surface area contributed by atoms with Gasteiger partial charge in [0.05, 0.1) is 11.6 Å². The lowest BCUT2D eigenvalue weighted by atomic mass is 10.2. The van der Waals surface area contributed by atoms with Crippen molar-refractivity contribution in [3.8, 4) is 5.75 Å². The molecule has 1 aromatic rings. The first-order chi connectivity index (χ1) is 8.08. The highest BCUT2D eigenvalue weighted by molar-refractivity contribution is 6.35. The molecule has 0 saturated carbocycles. The molecule has 0 heterocycles. The fraction of sp³-hybridized carbons (Fsp3) is 0.500. The van der Waals surface area contributed by atoms with Gasteiger partial charge < -0.3 is 15.2 Å². The molecule has 0 bridgehead atoms. The van der Waals surface area contributed by atoms with Gasteiger partial charge in [-0.2, -0.15) is 0 Å². The Morgan fingerprint density at radius 1 is 1.41 bits per heavy atom. The highest BCUT2D eigenvalue weighted by atomic mass is 35.5. The molecule has 0 aliphatic carbocycles. The largest absolute Gasteiger partial charge is 0.491 e.